The first-order valence-electron chi connectivity index (χ1n) is 3.39. The van der Waals surface area contributed by atoms with E-state index in [9.17, 15) is 0 Å². The zero-order valence-electron chi connectivity index (χ0n) is 5.44. The van der Waals surface area contributed by atoms with Crippen LogP contribution in [0.2, 0.25) is 0 Å². The lowest BCUT2D eigenvalue weighted by Crippen LogP contribution is -1.77. The molecular weight excluding hydrogens is 223 g/mol. The van der Waals surface area contributed by atoms with Crippen molar-refractivity contribution in [2.45, 2.75) is 25.7 Å². The molecule has 1 aliphatic carbocycles. The third-order valence-electron chi connectivity index (χ3n) is 1.42. The lowest BCUT2D eigenvalue weighted by atomic mass is 10.1. The van der Waals surface area contributed by atoms with Crippen LogP contribution in [0, 0.1) is 0 Å². The summed E-state index contributed by atoms with van der Waals surface area (Å²) in [6.07, 6.45) is 11.8. The van der Waals surface area contributed by atoms with Gasteiger partial charge in [0, 0.05) is 0 Å². The van der Waals surface area contributed by atoms with Crippen molar-refractivity contribution < 1.29 is 0 Å². The summed E-state index contributed by atoms with van der Waals surface area (Å²) in [4.78, 5) is 0. The van der Waals surface area contributed by atoms with Crippen molar-refractivity contribution in [1.29, 1.82) is 0 Å². The summed E-state index contributed by atoms with van der Waals surface area (Å²) < 4.78 is 1.52. The molecule has 1 rings (SSSR count). The molecule has 9 heavy (non-hydrogen) atoms. The van der Waals surface area contributed by atoms with Gasteiger partial charge in [-0.15, -0.1) is 0 Å². The Morgan fingerprint density at radius 3 is 2.78 bits per heavy atom. The van der Waals surface area contributed by atoms with Crippen LogP contribution in [0.5, 0.6) is 0 Å². The van der Waals surface area contributed by atoms with E-state index in [4.69, 9.17) is 0 Å². The second kappa shape index (κ2) is 4.09. The van der Waals surface area contributed by atoms with Crippen LogP contribution in [-0.4, -0.2) is 0 Å². The first kappa shape index (κ1) is 7.32. The van der Waals surface area contributed by atoms with E-state index in [1.54, 1.807) is 0 Å². The predicted octanol–water partition coefficient (Wildman–Crippen LogP) is 3.44. The molecule has 1 heteroatoms. The highest BCUT2D eigenvalue weighted by atomic mass is 127. The Balaban J connectivity index is 2.41. The third-order valence-corrected chi connectivity index (χ3v) is 2.40. The Hall–Kier alpha value is 0.210. The van der Waals surface area contributed by atoms with Crippen LogP contribution in [0.25, 0.3) is 0 Å². The fraction of sp³-hybridized carbons (Fsp3) is 0.500. The number of allylic oxidation sites excluding steroid dienone is 4. The molecule has 0 radical (unpaired) electrons. The largest absolute Gasteiger partial charge is 0.0882 e. The molecule has 0 bridgehead atoms. The second-order valence-electron chi connectivity index (χ2n) is 2.24. The van der Waals surface area contributed by atoms with Crippen LogP contribution in [0.15, 0.2) is 21.8 Å². The molecule has 0 spiro atoms. The van der Waals surface area contributed by atoms with Gasteiger partial charge in [0.1, 0.15) is 0 Å². The van der Waals surface area contributed by atoms with Crippen LogP contribution in [0.3, 0.4) is 0 Å². The molecule has 0 aromatic rings. The highest BCUT2D eigenvalue weighted by Gasteiger charge is 1.91. The van der Waals surface area contributed by atoms with Crippen molar-refractivity contribution in [3.8, 4) is 0 Å². The Morgan fingerprint density at radius 1 is 1.11 bits per heavy atom. The van der Waals surface area contributed by atoms with Gasteiger partial charge in [-0.25, -0.2) is 0 Å². The molecule has 0 atom stereocenters. The Bertz CT molecular complexity index is 134. The lowest BCUT2D eigenvalue weighted by molar-refractivity contribution is 0.957. The number of hydrogen-bond donors (Lipinski definition) is 0. The fourth-order valence-corrected chi connectivity index (χ4v) is 1.52. The molecule has 50 valence electrons. The Labute approximate surface area is 70.2 Å². The fourth-order valence-electron chi connectivity index (χ4n) is 0.895. The Morgan fingerprint density at radius 2 is 1.89 bits per heavy atom. The number of halogens is 1. The van der Waals surface area contributed by atoms with Crippen molar-refractivity contribution in [2.24, 2.45) is 0 Å². The summed E-state index contributed by atoms with van der Waals surface area (Å²) in [5, 5.41) is 0. The first-order chi connectivity index (χ1) is 4.39. The second-order valence-corrected chi connectivity index (χ2v) is 3.62. The van der Waals surface area contributed by atoms with Crippen LogP contribution in [-0.2, 0) is 0 Å². The van der Waals surface area contributed by atoms with Crippen molar-refractivity contribution in [2.75, 3.05) is 0 Å². The minimum atomic E-state index is 1.23. The molecule has 0 saturated heterocycles. The minimum Gasteiger partial charge on any atom is -0.0882 e. The zero-order valence-corrected chi connectivity index (χ0v) is 7.60. The predicted molar refractivity (Wildman–Crippen MR) is 49.7 cm³/mol. The van der Waals surface area contributed by atoms with E-state index in [2.05, 4.69) is 40.8 Å². The molecule has 0 amide bonds. The molecule has 0 aromatic heterocycles. The van der Waals surface area contributed by atoms with E-state index < -0.39 is 0 Å². The van der Waals surface area contributed by atoms with E-state index in [-0.39, 0.29) is 0 Å². The molecule has 0 aromatic carbocycles. The SMILES string of the molecule is I/C1=C/CC/C=C\CC1. The molecule has 1 aliphatic rings. The number of hydrogen-bond acceptors (Lipinski definition) is 0. The summed E-state index contributed by atoms with van der Waals surface area (Å²) in [7, 11) is 0. The molecule has 0 fully saturated rings. The van der Waals surface area contributed by atoms with Gasteiger partial charge in [-0.05, 0) is 51.9 Å². The van der Waals surface area contributed by atoms with Gasteiger partial charge < -0.3 is 0 Å². The van der Waals surface area contributed by atoms with E-state index >= 15 is 0 Å². The van der Waals surface area contributed by atoms with Crippen LogP contribution >= 0.6 is 22.6 Å². The van der Waals surface area contributed by atoms with Crippen LogP contribution in [0.4, 0.5) is 0 Å². The monoisotopic (exact) mass is 234 g/mol. The first-order valence-corrected chi connectivity index (χ1v) is 4.47. The molecule has 0 nitrogen and oxygen atoms in total. The van der Waals surface area contributed by atoms with E-state index in [0.29, 0.717) is 0 Å². The minimum absolute atomic E-state index is 1.23. The summed E-state index contributed by atoms with van der Waals surface area (Å²) >= 11 is 2.43. The molecule has 0 unspecified atom stereocenters. The van der Waals surface area contributed by atoms with Gasteiger partial charge >= 0.3 is 0 Å². The van der Waals surface area contributed by atoms with Gasteiger partial charge in [0.2, 0.25) is 0 Å². The maximum atomic E-state index is 2.43. The highest BCUT2D eigenvalue weighted by molar-refractivity contribution is 14.1. The van der Waals surface area contributed by atoms with Gasteiger partial charge in [0.15, 0.2) is 0 Å². The molecule has 0 aliphatic heterocycles. The molecule has 0 saturated carbocycles. The maximum absolute atomic E-state index is 2.43. The quantitative estimate of drug-likeness (QED) is 0.445. The van der Waals surface area contributed by atoms with Crippen LogP contribution in [0.1, 0.15) is 25.7 Å². The van der Waals surface area contributed by atoms with Gasteiger partial charge in [0.25, 0.3) is 0 Å². The molecule has 0 heterocycles. The number of rotatable bonds is 0. The summed E-state index contributed by atoms with van der Waals surface area (Å²) in [6, 6.07) is 0. The molecule has 0 N–H and O–H groups in total. The topological polar surface area (TPSA) is 0 Å². The summed E-state index contributed by atoms with van der Waals surface area (Å²) in [5.74, 6) is 0. The summed E-state index contributed by atoms with van der Waals surface area (Å²) in [6.45, 7) is 0. The van der Waals surface area contributed by atoms with Gasteiger partial charge in [-0.1, -0.05) is 18.2 Å². The highest BCUT2D eigenvalue weighted by Crippen LogP contribution is 2.17. The average molecular weight is 234 g/mol. The average Bonchev–Trinajstić information content (AvgIpc) is 1.79. The molecular formula is C8H11I. The van der Waals surface area contributed by atoms with Crippen molar-refractivity contribution >= 4 is 22.6 Å². The van der Waals surface area contributed by atoms with Gasteiger partial charge in [-0.2, -0.15) is 0 Å². The van der Waals surface area contributed by atoms with Crippen LogP contribution < -0.4 is 0 Å². The van der Waals surface area contributed by atoms with Gasteiger partial charge in [0.05, 0.1) is 0 Å². The zero-order chi connectivity index (χ0) is 6.53. The normalized spacial score (nSPS) is 29.7. The standard InChI is InChI=1S/C8H11I/c9-8-6-4-2-1-3-5-7-8/h1-2,7H,3-6H2/b2-1-,8-7+. The van der Waals surface area contributed by atoms with Gasteiger partial charge in [-0.3, -0.25) is 0 Å². The van der Waals surface area contributed by atoms with Crippen molar-refractivity contribution in [3.05, 3.63) is 21.8 Å². The van der Waals surface area contributed by atoms with Crippen molar-refractivity contribution in [3.63, 3.8) is 0 Å². The third kappa shape index (κ3) is 3.04. The Kier molecular flexibility index (Phi) is 3.33. The van der Waals surface area contributed by atoms with E-state index in [0.717, 1.165) is 0 Å². The lowest BCUT2D eigenvalue weighted by Gasteiger charge is -1.98. The van der Waals surface area contributed by atoms with E-state index in [1.165, 1.54) is 29.3 Å². The maximum Gasteiger partial charge on any atom is -0.0131 e. The van der Waals surface area contributed by atoms with E-state index in [1.807, 2.05) is 0 Å². The summed E-state index contributed by atoms with van der Waals surface area (Å²) in [5.41, 5.74) is 0. The smallest absolute Gasteiger partial charge is 0.0131 e. The van der Waals surface area contributed by atoms with Crippen molar-refractivity contribution in [1.82, 2.24) is 0 Å².